The first-order valence-corrected chi connectivity index (χ1v) is 6.74. The Labute approximate surface area is 122 Å². The lowest BCUT2D eigenvalue weighted by atomic mass is 10.2. The van der Waals surface area contributed by atoms with E-state index in [9.17, 15) is 13.2 Å². The van der Waals surface area contributed by atoms with Crippen LogP contribution in [0.25, 0.3) is 0 Å². The molecule has 7 heteroatoms. The molecular weight excluding hydrogens is 335 g/mol. The standard InChI is InChI=1S/C13H13BrF3N3/c1-20-8-9(7-19-20)4-5-18-12-6-10(13(15,16)17)2-3-11(12)14/h2-3,6-8,18H,4-5H2,1H3. The molecule has 0 aliphatic carbocycles. The second-order valence-corrected chi connectivity index (χ2v) is 5.25. The summed E-state index contributed by atoms with van der Waals surface area (Å²) in [5, 5.41) is 7.04. The molecular formula is C13H13BrF3N3. The van der Waals surface area contributed by atoms with E-state index >= 15 is 0 Å². The summed E-state index contributed by atoms with van der Waals surface area (Å²) in [6, 6.07) is 3.55. The zero-order valence-corrected chi connectivity index (χ0v) is 12.3. The molecule has 0 saturated carbocycles. The molecule has 1 heterocycles. The van der Waals surface area contributed by atoms with Gasteiger partial charge < -0.3 is 5.32 Å². The van der Waals surface area contributed by atoms with Gasteiger partial charge in [-0.1, -0.05) is 0 Å². The van der Waals surface area contributed by atoms with E-state index in [4.69, 9.17) is 0 Å². The number of alkyl halides is 3. The minimum atomic E-state index is -4.33. The van der Waals surface area contributed by atoms with E-state index in [1.807, 2.05) is 13.2 Å². The monoisotopic (exact) mass is 347 g/mol. The number of nitrogens with one attached hydrogen (secondary N) is 1. The smallest absolute Gasteiger partial charge is 0.384 e. The van der Waals surface area contributed by atoms with Crippen molar-refractivity contribution in [3.8, 4) is 0 Å². The van der Waals surface area contributed by atoms with Gasteiger partial charge in [0.1, 0.15) is 0 Å². The Bertz CT molecular complexity index is 593. The first-order valence-electron chi connectivity index (χ1n) is 5.94. The third-order valence-electron chi connectivity index (χ3n) is 2.78. The summed E-state index contributed by atoms with van der Waals surface area (Å²) in [6.45, 7) is 0.533. The van der Waals surface area contributed by atoms with E-state index in [0.29, 0.717) is 23.1 Å². The molecule has 108 valence electrons. The van der Waals surface area contributed by atoms with Crippen molar-refractivity contribution in [2.45, 2.75) is 12.6 Å². The van der Waals surface area contributed by atoms with Crippen LogP contribution < -0.4 is 5.32 Å². The van der Waals surface area contributed by atoms with E-state index < -0.39 is 11.7 Å². The molecule has 0 atom stereocenters. The average Bonchev–Trinajstić information content (AvgIpc) is 2.76. The summed E-state index contributed by atoms with van der Waals surface area (Å²) in [5.41, 5.74) is 0.802. The van der Waals surface area contributed by atoms with Crippen molar-refractivity contribution in [3.63, 3.8) is 0 Å². The maximum atomic E-state index is 12.6. The third kappa shape index (κ3) is 3.75. The number of anilines is 1. The van der Waals surface area contributed by atoms with Crippen LogP contribution in [0, 0.1) is 0 Å². The zero-order valence-electron chi connectivity index (χ0n) is 10.7. The van der Waals surface area contributed by atoms with Gasteiger partial charge in [-0.25, -0.2) is 0 Å². The van der Waals surface area contributed by atoms with Crippen molar-refractivity contribution in [3.05, 3.63) is 46.2 Å². The zero-order chi connectivity index (χ0) is 14.8. The highest BCUT2D eigenvalue weighted by Gasteiger charge is 2.30. The minimum absolute atomic E-state index is 0.434. The van der Waals surface area contributed by atoms with Crippen LogP contribution in [0.3, 0.4) is 0 Å². The highest BCUT2D eigenvalue weighted by atomic mass is 79.9. The van der Waals surface area contributed by atoms with Crippen LogP contribution in [0.5, 0.6) is 0 Å². The predicted octanol–water partition coefficient (Wildman–Crippen LogP) is 3.86. The van der Waals surface area contributed by atoms with Crippen molar-refractivity contribution < 1.29 is 13.2 Å². The van der Waals surface area contributed by atoms with Crippen molar-refractivity contribution in [1.82, 2.24) is 9.78 Å². The summed E-state index contributed by atoms with van der Waals surface area (Å²) in [4.78, 5) is 0. The fourth-order valence-electron chi connectivity index (χ4n) is 1.78. The summed E-state index contributed by atoms with van der Waals surface area (Å²) >= 11 is 3.24. The van der Waals surface area contributed by atoms with Gasteiger partial charge in [0.05, 0.1) is 11.8 Å². The van der Waals surface area contributed by atoms with Gasteiger partial charge in [0.25, 0.3) is 0 Å². The van der Waals surface area contributed by atoms with Gasteiger partial charge in [0.2, 0.25) is 0 Å². The molecule has 1 N–H and O–H groups in total. The number of benzene rings is 1. The van der Waals surface area contributed by atoms with Gasteiger partial charge in [0, 0.05) is 29.9 Å². The highest BCUT2D eigenvalue weighted by Crippen LogP contribution is 2.33. The van der Waals surface area contributed by atoms with Crippen LogP contribution in [0.4, 0.5) is 18.9 Å². The second kappa shape index (κ2) is 5.87. The Morgan fingerprint density at radius 1 is 1.35 bits per heavy atom. The molecule has 0 radical (unpaired) electrons. The summed E-state index contributed by atoms with van der Waals surface area (Å²) in [5.74, 6) is 0. The topological polar surface area (TPSA) is 29.9 Å². The van der Waals surface area contributed by atoms with E-state index in [-0.39, 0.29) is 0 Å². The summed E-state index contributed by atoms with van der Waals surface area (Å²) in [6.07, 6.45) is -0.0251. The van der Waals surface area contributed by atoms with Crippen LogP contribution in [-0.4, -0.2) is 16.3 Å². The van der Waals surface area contributed by atoms with Crippen LogP contribution in [0.1, 0.15) is 11.1 Å². The van der Waals surface area contributed by atoms with Gasteiger partial charge in [-0.3, -0.25) is 4.68 Å². The number of aromatic nitrogens is 2. The number of hydrogen-bond donors (Lipinski definition) is 1. The Kier molecular flexibility index (Phi) is 4.37. The van der Waals surface area contributed by atoms with Crippen molar-refractivity contribution in [2.75, 3.05) is 11.9 Å². The average molecular weight is 348 g/mol. The Morgan fingerprint density at radius 3 is 2.70 bits per heavy atom. The maximum absolute atomic E-state index is 12.6. The van der Waals surface area contributed by atoms with E-state index in [2.05, 4.69) is 26.3 Å². The minimum Gasteiger partial charge on any atom is -0.384 e. The van der Waals surface area contributed by atoms with E-state index in [0.717, 1.165) is 17.7 Å². The summed E-state index contributed by atoms with van der Waals surface area (Å²) in [7, 11) is 1.82. The molecule has 20 heavy (non-hydrogen) atoms. The van der Waals surface area contributed by atoms with Crippen molar-refractivity contribution in [1.29, 1.82) is 0 Å². The van der Waals surface area contributed by atoms with Crippen LogP contribution >= 0.6 is 15.9 Å². The maximum Gasteiger partial charge on any atom is 0.416 e. The fourth-order valence-corrected chi connectivity index (χ4v) is 2.17. The molecule has 0 unspecified atom stereocenters. The lowest BCUT2D eigenvalue weighted by Crippen LogP contribution is -2.09. The molecule has 0 spiro atoms. The van der Waals surface area contributed by atoms with Gasteiger partial charge in [-0.15, -0.1) is 0 Å². The van der Waals surface area contributed by atoms with Crippen molar-refractivity contribution in [2.24, 2.45) is 7.05 Å². The molecule has 0 aliphatic heterocycles. The Morgan fingerprint density at radius 2 is 2.10 bits per heavy atom. The first kappa shape index (κ1) is 14.9. The fraction of sp³-hybridized carbons (Fsp3) is 0.308. The molecule has 3 nitrogen and oxygen atoms in total. The van der Waals surface area contributed by atoms with Crippen LogP contribution in [-0.2, 0) is 19.6 Å². The molecule has 0 bridgehead atoms. The highest BCUT2D eigenvalue weighted by molar-refractivity contribution is 9.10. The molecule has 2 rings (SSSR count). The molecule has 1 aromatic heterocycles. The number of rotatable bonds is 4. The third-order valence-corrected chi connectivity index (χ3v) is 3.47. The molecule has 2 aromatic rings. The van der Waals surface area contributed by atoms with Gasteiger partial charge in [0.15, 0.2) is 0 Å². The van der Waals surface area contributed by atoms with Crippen LogP contribution in [0.15, 0.2) is 35.1 Å². The molecule has 0 saturated heterocycles. The number of halogens is 4. The van der Waals surface area contributed by atoms with E-state index in [1.54, 1.807) is 10.9 Å². The summed E-state index contributed by atoms with van der Waals surface area (Å²) < 4.78 is 40.2. The largest absolute Gasteiger partial charge is 0.416 e. The van der Waals surface area contributed by atoms with Gasteiger partial charge in [-0.05, 0) is 46.1 Å². The molecule has 1 aromatic carbocycles. The van der Waals surface area contributed by atoms with Gasteiger partial charge >= 0.3 is 6.18 Å². The molecule has 0 aliphatic rings. The SMILES string of the molecule is Cn1cc(CCNc2cc(C(F)(F)F)ccc2Br)cn1. The van der Waals surface area contributed by atoms with E-state index in [1.165, 1.54) is 6.07 Å². The first-order chi connectivity index (χ1) is 9.36. The Hall–Kier alpha value is -1.50. The number of hydrogen-bond acceptors (Lipinski definition) is 2. The normalized spacial score (nSPS) is 11.7. The lowest BCUT2D eigenvalue weighted by molar-refractivity contribution is -0.137. The van der Waals surface area contributed by atoms with Crippen molar-refractivity contribution >= 4 is 21.6 Å². The lowest BCUT2D eigenvalue weighted by Gasteiger charge is -2.12. The van der Waals surface area contributed by atoms with Crippen LogP contribution in [0.2, 0.25) is 0 Å². The Balaban J connectivity index is 2.02. The number of aryl methyl sites for hydroxylation is 1. The second-order valence-electron chi connectivity index (χ2n) is 4.39. The van der Waals surface area contributed by atoms with Gasteiger partial charge in [-0.2, -0.15) is 18.3 Å². The molecule has 0 fully saturated rings. The predicted molar refractivity (Wildman–Crippen MR) is 74.5 cm³/mol. The number of nitrogens with zero attached hydrogens (tertiary/aromatic N) is 2. The molecule has 0 amide bonds. The quantitative estimate of drug-likeness (QED) is 0.910.